The Labute approximate surface area is 185 Å². The summed E-state index contributed by atoms with van der Waals surface area (Å²) in [6.07, 6.45) is 1.46. The number of halogens is 1. The number of hydrazone groups is 1. The number of esters is 1. The maximum atomic E-state index is 12.3. The zero-order chi connectivity index (χ0) is 22.4. The van der Waals surface area contributed by atoms with E-state index in [0.717, 1.165) is 0 Å². The topological polar surface area (TPSA) is 129 Å². The molecular formula is C21H16BrN5O4. The number of anilines is 1. The fourth-order valence-corrected chi connectivity index (χ4v) is 3.20. The fraction of sp³-hybridized carbons (Fsp3) is 0.0952. The van der Waals surface area contributed by atoms with Crippen LogP contribution in [0.1, 0.15) is 18.1 Å². The molecule has 31 heavy (non-hydrogen) atoms. The number of nitriles is 1. The molecule has 3 rings (SSSR count). The SMILES string of the molecule is COc1cc(C=NNc2nc(-c3ccccc3)c(C#N)c(=O)[nH]2)cc(Br)c1OC(C)=O. The number of methoxy groups -OCH3 is 1. The van der Waals surface area contributed by atoms with Gasteiger partial charge in [0.2, 0.25) is 5.95 Å². The highest BCUT2D eigenvalue weighted by Gasteiger charge is 2.14. The predicted molar refractivity (Wildman–Crippen MR) is 118 cm³/mol. The normalized spacial score (nSPS) is 10.5. The van der Waals surface area contributed by atoms with E-state index in [-0.39, 0.29) is 23.0 Å². The number of carbonyl (C=O) groups excluding carboxylic acids is 1. The van der Waals surface area contributed by atoms with Crippen molar-refractivity contribution in [3.8, 4) is 28.8 Å². The first-order chi connectivity index (χ1) is 14.9. The molecule has 9 nitrogen and oxygen atoms in total. The Balaban J connectivity index is 1.89. The van der Waals surface area contributed by atoms with Crippen molar-refractivity contribution in [2.24, 2.45) is 5.10 Å². The second kappa shape index (κ2) is 9.69. The maximum absolute atomic E-state index is 12.3. The van der Waals surface area contributed by atoms with E-state index in [4.69, 9.17) is 9.47 Å². The number of H-pyrrole nitrogens is 1. The third kappa shape index (κ3) is 5.15. The lowest BCUT2D eigenvalue weighted by Crippen LogP contribution is -2.16. The van der Waals surface area contributed by atoms with Crippen LogP contribution in [-0.2, 0) is 4.79 Å². The van der Waals surface area contributed by atoms with E-state index < -0.39 is 11.5 Å². The van der Waals surface area contributed by atoms with E-state index in [2.05, 4.69) is 36.4 Å². The molecule has 156 valence electrons. The highest BCUT2D eigenvalue weighted by Crippen LogP contribution is 2.36. The molecule has 10 heteroatoms. The number of rotatable bonds is 6. The number of hydrogen-bond donors (Lipinski definition) is 2. The molecule has 0 amide bonds. The van der Waals surface area contributed by atoms with Gasteiger partial charge in [-0.2, -0.15) is 10.4 Å². The summed E-state index contributed by atoms with van der Waals surface area (Å²) in [7, 11) is 1.45. The number of aromatic nitrogens is 2. The van der Waals surface area contributed by atoms with Crippen LogP contribution in [0.4, 0.5) is 5.95 Å². The third-order valence-electron chi connectivity index (χ3n) is 3.96. The van der Waals surface area contributed by atoms with Crippen molar-refractivity contribution in [2.75, 3.05) is 12.5 Å². The average molecular weight is 482 g/mol. The van der Waals surface area contributed by atoms with Gasteiger partial charge in [-0.15, -0.1) is 0 Å². The molecule has 0 atom stereocenters. The zero-order valence-corrected chi connectivity index (χ0v) is 18.1. The van der Waals surface area contributed by atoms with Crippen molar-refractivity contribution < 1.29 is 14.3 Å². The van der Waals surface area contributed by atoms with E-state index in [1.54, 1.807) is 36.4 Å². The molecule has 0 fully saturated rings. The summed E-state index contributed by atoms with van der Waals surface area (Å²) in [5.41, 5.74) is 3.48. The fourth-order valence-electron chi connectivity index (χ4n) is 2.66. The molecule has 0 bridgehead atoms. The van der Waals surface area contributed by atoms with Crippen molar-refractivity contribution in [1.29, 1.82) is 5.26 Å². The summed E-state index contributed by atoms with van der Waals surface area (Å²) < 4.78 is 10.9. The minimum atomic E-state index is -0.579. The predicted octanol–water partition coefficient (Wildman–Crippen LogP) is 3.45. The molecule has 0 unspecified atom stereocenters. The Bertz CT molecular complexity index is 1250. The summed E-state index contributed by atoms with van der Waals surface area (Å²) in [4.78, 5) is 30.3. The second-order valence-electron chi connectivity index (χ2n) is 6.11. The van der Waals surface area contributed by atoms with Gasteiger partial charge in [0.25, 0.3) is 5.56 Å². The minimum Gasteiger partial charge on any atom is -0.493 e. The van der Waals surface area contributed by atoms with E-state index in [1.807, 2.05) is 12.1 Å². The molecule has 0 aliphatic heterocycles. The second-order valence-corrected chi connectivity index (χ2v) is 6.97. The monoisotopic (exact) mass is 481 g/mol. The molecule has 0 saturated carbocycles. The summed E-state index contributed by atoms with van der Waals surface area (Å²) in [5.74, 6) is 0.182. The molecule has 2 N–H and O–H groups in total. The van der Waals surface area contributed by atoms with Gasteiger partial charge < -0.3 is 9.47 Å². The number of nitrogens with zero attached hydrogens (tertiary/aromatic N) is 3. The van der Waals surface area contributed by atoms with Crippen LogP contribution in [0.5, 0.6) is 11.5 Å². The first-order valence-electron chi connectivity index (χ1n) is 8.87. The molecule has 2 aromatic carbocycles. The van der Waals surface area contributed by atoms with Crippen LogP contribution >= 0.6 is 15.9 Å². The zero-order valence-electron chi connectivity index (χ0n) is 16.5. The van der Waals surface area contributed by atoms with E-state index in [9.17, 15) is 14.9 Å². The molecular weight excluding hydrogens is 466 g/mol. The van der Waals surface area contributed by atoms with Crippen LogP contribution in [0.2, 0.25) is 0 Å². The Kier molecular flexibility index (Phi) is 6.79. The maximum Gasteiger partial charge on any atom is 0.308 e. The van der Waals surface area contributed by atoms with Gasteiger partial charge in [-0.25, -0.2) is 10.4 Å². The Morgan fingerprint density at radius 2 is 2.06 bits per heavy atom. The number of ether oxygens (including phenoxy) is 2. The van der Waals surface area contributed by atoms with Crippen LogP contribution < -0.4 is 20.5 Å². The van der Waals surface area contributed by atoms with Gasteiger partial charge in [0.1, 0.15) is 11.6 Å². The molecule has 1 heterocycles. The van der Waals surface area contributed by atoms with E-state index >= 15 is 0 Å². The van der Waals surface area contributed by atoms with Gasteiger partial charge in [-0.1, -0.05) is 30.3 Å². The van der Waals surface area contributed by atoms with Crippen molar-refractivity contribution in [1.82, 2.24) is 9.97 Å². The number of nitrogens with one attached hydrogen (secondary N) is 2. The molecule has 0 spiro atoms. The van der Waals surface area contributed by atoms with Gasteiger partial charge in [0, 0.05) is 12.5 Å². The summed E-state index contributed by atoms with van der Waals surface area (Å²) in [6.45, 7) is 1.29. The van der Waals surface area contributed by atoms with Crippen LogP contribution in [0.15, 0.2) is 56.8 Å². The van der Waals surface area contributed by atoms with Crippen molar-refractivity contribution in [3.63, 3.8) is 0 Å². The van der Waals surface area contributed by atoms with Gasteiger partial charge in [-0.3, -0.25) is 14.6 Å². The first-order valence-corrected chi connectivity index (χ1v) is 9.67. The van der Waals surface area contributed by atoms with Crippen LogP contribution in [0.25, 0.3) is 11.3 Å². The lowest BCUT2D eigenvalue weighted by Gasteiger charge is -2.11. The smallest absolute Gasteiger partial charge is 0.308 e. The van der Waals surface area contributed by atoms with Crippen molar-refractivity contribution >= 4 is 34.1 Å². The van der Waals surface area contributed by atoms with Gasteiger partial charge in [0.15, 0.2) is 11.5 Å². The largest absolute Gasteiger partial charge is 0.493 e. The Morgan fingerprint density at radius 1 is 1.32 bits per heavy atom. The van der Waals surface area contributed by atoms with Crippen molar-refractivity contribution in [3.05, 3.63) is 68.4 Å². The first kappa shape index (κ1) is 21.7. The third-order valence-corrected chi connectivity index (χ3v) is 4.55. The van der Waals surface area contributed by atoms with Gasteiger partial charge in [-0.05, 0) is 33.6 Å². The average Bonchev–Trinajstić information content (AvgIpc) is 2.75. The van der Waals surface area contributed by atoms with Gasteiger partial charge >= 0.3 is 5.97 Å². The molecule has 0 radical (unpaired) electrons. The highest BCUT2D eigenvalue weighted by atomic mass is 79.9. The van der Waals surface area contributed by atoms with Gasteiger partial charge in [0.05, 0.1) is 23.5 Å². The summed E-state index contributed by atoms with van der Waals surface area (Å²) >= 11 is 3.34. The number of benzene rings is 2. The minimum absolute atomic E-state index is 0.0710. The lowest BCUT2D eigenvalue weighted by molar-refractivity contribution is -0.132. The van der Waals surface area contributed by atoms with Crippen LogP contribution in [0.3, 0.4) is 0 Å². The summed E-state index contributed by atoms with van der Waals surface area (Å²) in [6, 6.07) is 14.1. The van der Waals surface area contributed by atoms with E-state index in [0.29, 0.717) is 21.3 Å². The molecule has 0 aliphatic rings. The quantitative estimate of drug-likeness (QED) is 0.238. The summed E-state index contributed by atoms with van der Waals surface area (Å²) in [5, 5.41) is 13.4. The number of aromatic amines is 1. The van der Waals surface area contributed by atoms with Crippen LogP contribution in [-0.4, -0.2) is 29.3 Å². The van der Waals surface area contributed by atoms with Crippen molar-refractivity contribution in [2.45, 2.75) is 6.92 Å². The standard InChI is InChI=1S/C21H16BrN5O4/c1-12(28)31-19-16(22)8-13(9-17(19)30-2)11-24-27-21-25-18(14-6-4-3-5-7-14)15(10-23)20(29)26-21/h3-9,11H,1-2H3,(H2,25,26,27,29). The Hall–Kier alpha value is -3.97. The van der Waals surface area contributed by atoms with Crippen LogP contribution in [0, 0.1) is 11.3 Å². The number of carbonyl (C=O) groups is 1. The van der Waals surface area contributed by atoms with E-state index in [1.165, 1.54) is 20.2 Å². The molecule has 1 aromatic heterocycles. The lowest BCUT2D eigenvalue weighted by atomic mass is 10.1. The highest BCUT2D eigenvalue weighted by molar-refractivity contribution is 9.10. The molecule has 0 saturated heterocycles. The Morgan fingerprint density at radius 3 is 2.71 bits per heavy atom. The molecule has 3 aromatic rings. The molecule has 0 aliphatic carbocycles. The number of hydrogen-bond acceptors (Lipinski definition) is 8.